The quantitative estimate of drug-likeness (QED) is 0.525. The number of nitrogens with one attached hydrogen (secondary N) is 2. The third-order valence-corrected chi connectivity index (χ3v) is 5.11. The molecule has 0 bridgehead atoms. The molecule has 2 N–H and O–H groups in total. The van der Waals surface area contributed by atoms with Crippen molar-refractivity contribution in [1.82, 2.24) is 0 Å². The molecule has 4 rings (SSSR count). The molecule has 25 heavy (non-hydrogen) atoms. The van der Waals surface area contributed by atoms with E-state index in [-0.39, 0.29) is 12.1 Å². The van der Waals surface area contributed by atoms with Crippen LogP contribution in [0.15, 0.2) is 72.8 Å². The fraction of sp³-hybridized carbons (Fsp3) is 0.143. The number of fused-ring (bicyclic) bond motifs is 1. The van der Waals surface area contributed by atoms with Crippen molar-refractivity contribution in [3.8, 4) is 0 Å². The maximum Gasteiger partial charge on any atom is 0.0580 e. The van der Waals surface area contributed by atoms with Crippen molar-refractivity contribution in [1.29, 1.82) is 0 Å². The zero-order chi connectivity index (χ0) is 17.2. The van der Waals surface area contributed by atoms with Crippen LogP contribution >= 0.6 is 23.2 Å². The zero-order valence-electron chi connectivity index (χ0n) is 13.5. The van der Waals surface area contributed by atoms with Gasteiger partial charge in [0, 0.05) is 10.0 Å². The molecule has 0 spiro atoms. The molecule has 0 fully saturated rings. The maximum atomic E-state index is 6.06. The van der Waals surface area contributed by atoms with Gasteiger partial charge >= 0.3 is 0 Å². The standard InChI is InChI=1S/C21H18Cl2N2/c22-16-9-5-14(6-10-16)20-13-21(15-7-11-17(23)12-8-15)25-19-4-2-1-3-18(19)24-20/h1-12,20-21,24-25H,13H2/t20-,21-/m0/s1. The van der Waals surface area contributed by atoms with Gasteiger partial charge in [-0.3, -0.25) is 0 Å². The molecule has 1 aliphatic heterocycles. The molecule has 0 radical (unpaired) electrons. The minimum absolute atomic E-state index is 0.189. The molecule has 3 aromatic carbocycles. The largest absolute Gasteiger partial charge is 0.376 e. The molecule has 1 heterocycles. The van der Waals surface area contributed by atoms with Gasteiger partial charge in [-0.2, -0.15) is 0 Å². The Morgan fingerprint density at radius 3 is 1.40 bits per heavy atom. The molecule has 0 aliphatic carbocycles. The highest BCUT2D eigenvalue weighted by molar-refractivity contribution is 6.30. The van der Waals surface area contributed by atoms with Crippen molar-refractivity contribution in [2.24, 2.45) is 0 Å². The summed E-state index contributed by atoms with van der Waals surface area (Å²) in [5, 5.41) is 8.86. The van der Waals surface area contributed by atoms with Crippen molar-refractivity contribution in [3.05, 3.63) is 94.0 Å². The highest BCUT2D eigenvalue weighted by Crippen LogP contribution is 2.39. The van der Waals surface area contributed by atoms with Crippen LogP contribution < -0.4 is 10.6 Å². The monoisotopic (exact) mass is 368 g/mol. The summed E-state index contributed by atoms with van der Waals surface area (Å²) >= 11 is 12.1. The lowest BCUT2D eigenvalue weighted by atomic mass is 9.95. The normalized spacial score (nSPS) is 19.3. The Balaban J connectivity index is 1.72. The van der Waals surface area contributed by atoms with Crippen LogP contribution in [0.4, 0.5) is 11.4 Å². The van der Waals surface area contributed by atoms with Gasteiger partial charge in [0.1, 0.15) is 0 Å². The van der Waals surface area contributed by atoms with E-state index >= 15 is 0 Å². The number of hydrogen-bond donors (Lipinski definition) is 2. The Bertz CT molecular complexity index is 787. The fourth-order valence-corrected chi connectivity index (χ4v) is 3.54. The van der Waals surface area contributed by atoms with Crippen molar-refractivity contribution >= 4 is 34.6 Å². The predicted molar refractivity (Wildman–Crippen MR) is 107 cm³/mol. The Morgan fingerprint density at radius 2 is 1.00 bits per heavy atom. The lowest BCUT2D eigenvalue weighted by Gasteiger charge is -2.22. The molecular weight excluding hydrogens is 351 g/mol. The van der Waals surface area contributed by atoms with Crippen LogP contribution in [0.1, 0.15) is 29.6 Å². The van der Waals surface area contributed by atoms with Gasteiger partial charge in [0.25, 0.3) is 0 Å². The van der Waals surface area contributed by atoms with Crippen LogP contribution in [0.3, 0.4) is 0 Å². The summed E-state index contributed by atoms with van der Waals surface area (Å²) in [5.41, 5.74) is 4.67. The SMILES string of the molecule is Clc1ccc([C@@H]2C[C@@H](c3ccc(Cl)cc3)Nc3ccccc3N2)cc1. The number of benzene rings is 3. The lowest BCUT2D eigenvalue weighted by molar-refractivity contribution is 0.623. The molecule has 0 aromatic heterocycles. The van der Waals surface area contributed by atoms with Gasteiger partial charge in [-0.25, -0.2) is 0 Å². The smallest absolute Gasteiger partial charge is 0.0580 e. The minimum atomic E-state index is 0.189. The number of rotatable bonds is 2. The molecule has 4 heteroatoms. The molecule has 2 atom stereocenters. The summed E-state index contributed by atoms with van der Waals surface area (Å²) < 4.78 is 0. The predicted octanol–water partition coefficient (Wildman–Crippen LogP) is 6.70. The number of hydrogen-bond acceptors (Lipinski definition) is 2. The van der Waals surface area contributed by atoms with Gasteiger partial charge in [-0.1, -0.05) is 59.6 Å². The van der Waals surface area contributed by atoms with Gasteiger partial charge in [0.05, 0.1) is 23.5 Å². The van der Waals surface area contributed by atoms with E-state index in [0.29, 0.717) is 0 Å². The van der Waals surface area contributed by atoms with Crippen LogP contribution in [0.2, 0.25) is 10.0 Å². The highest BCUT2D eigenvalue weighted by Gasteiger charge is 2.24. The first-order valence-electron chi connectivity index (χ1n) is 8.32. The number of halogens is 2. The second-order valence-corrected chi connectivity index (χ2v) is 7.15. The van der Waals surface area contributed by atoms with Gasteiger partial charge in [-0.05, 0) is 53.9 Å². The highest BCUT2D eigenvalue weighted by atomic mass is 35.5. The van der Waals surface area contributed by atoms with Crippen molar-refractivity contribution in [2.75, 3.05) is 10.6 Å². The third kappa shape index (κ3) is 3.60. The van der Waals surface area contributed by atoms with Crippen LogP contribution in [-0.4, -0.2) is 0 Å². The van der Waals surface area contributed by atoms with E-state index in [9.17, 15) is 0 Å². The third-order valence-electron chi connectivity index (χ3n) is 4.60. The van der Waals surface area contributed by atoms with E-state index in [0.717, 1.165) is 27.8 Å². The summed E-state index contributed by atoms with van der Waals surface area (Å²) in [6.45, 7) is 0. The topological polar surface area (TPSA) is 24.1 Å². The Hall–Kier alpha value is -2.16. The maximum absolute atomic E-state index is 6.06. The molecule has 0 amide bonds. The van der Waals surface area contributed by atoms with Crippen LogP contribution in [0.25, 0.3) is 0 Å². The lowest BCUT2D eigenvalue weighted by Crippen LogP contribution is -2.15. The fourth-order valence-electron chi connectivity index (χ4n) is 3.29. The Labute approximate surface area is 157 Å². The number of anilines is 2. The summed E-state index contributed by atoms with van der Waals surface area (Å²) in [6, 6.07) is 24.8. The van der Waals surface area contributed by atoms with Crippen LogP contribution in [0, 0.1) is 0 Å². The first kappa shape index (κ1) is 16.3. The van der Waals surface area contributed by atoms with Gasteiger partial charge < -0.3 is 10.6 Å². The van der Waals surface area contributed by atoms with E-state index in [4.69, 9.17) is 23.2 Å². The van der Waals surface area contributed by atoms with Gasteiger partial charge in [-0.15, -0.1) is 0 Å². The van der Waals surface area contributed by atoms with Crippen LogP contribution in [-0.2, 0) is 0 Å². The summed E-state index contributed by atoms with van der Waals surface area (Å²) in [6.07, 6.45) is 0.915. The van der Waals surface area contributed by atoms with E-state index in [1.807, 2.05) is 24.3 Å². The number of para-hydroxylation sites is 2. The Kier molecular flexibility index (Phi) is 4.56. The first-order valence-corrected chi connectivity index (χ1v) is 9.08. The van der Waals surface area contributed by atoms with Crippen LogP contribution in [0.5, 0.6) is 0 Å². The first-order chi connectivity index (χ1) is 12.2. The average Bonchev–Trinajstić information content (AvgIpc) is 2.82. The molecule has 0 unspecified atom stereocenters. The molecule has 0 saturated heterocycles. The van der Waals surface area contributed by atoms with Gasteiger partial charge in [0.2, 0.25) is 0 Å². The summed E-state index contributed by atoms with van der Waals surface area (Å²) in [4.78, 5) is 0. The van der Waals surface area contributed by atoms with E-state index in [1.54, 1.807) is 0 Å². The molecule has 2 nitrogen and oxygen atoms in total. The van der Waals surface area contributed by atoms with E-state index < -0.39 is 0 Å². The molecule has 1 aliphatic rings. The molecule has 3 aromatic rings. The molecule has 126 valence electrons. The molecular formula is C21H18Cl2N2. The van der Waals surface area contributed by atoms with E-state index in [2.05, 4.69) is 59.2 Å². The summed E-state index contributed by atoms with van der Waals surface area (Å²) in [5.74, 6) is 0. The average molecular weight is 369 g/mol. The van der Waals surface area contributed by atoms with E-state index in [1.165, 1.54) is 11.1 Å². The molecule has 0 saturated carbocycles. The van der Waals surface area contributed by atoms with Gasteiger partial charge in [0.15, 0.2) is 0 Å². The second-order valence-electron chi connectivity index (χ2n) is 6.28. The van der Waals surface area contributed by atoms with Crippen molar-refractivity contribution < 1.29 is 0 Å². The summed E-state index contributed by atoms with van der Waals surface area (Å²) in [7, 11) is 0. The second kappa shape index (κ2) is 6.99. The van der Waals surface area contributed by atoms with Crippen molar-refractivity contribution in [2.45, 2.75) is 18.5 Å². The zero-order valence-corrected chi connectivity index (χ0v) is 15.1. The Morgan fingerprint density at radius 1 is 0.600 bits per heavy atom. The van der Waals surface area contributed by atoms with Crippen molar-refractivity contribution in [3.63, 3.8) is 0 Å². The minimum Gasteiger partial charge on any atom is -0.376 e.